The first-order valence-corrected chi connectivity index (χ1v) is 5.54. The Morgan fingerprint density at radius 1 is 1.16 bits per heavy atom. The van der Waals surface area contributed by atoms with Gasteiger partial charge in [-0.15, -0.1) is 0 Å². The molecule has 0 aliphatic heterocycles. The number of methoxy groups -OCH3 is 1. The summed E-state index contributed by atoms with van der Waals surface area (Å²) in [6.07, 6.45) is -4.64. The SMILES string of the molecule is COc1cccc(-c2cc(Cl)nc(C(F)(F)F)n2)c1. The van der Waals surface area contributed by atoms with E-state index >= 15 is 0 Å². The zero-order chi connectivity index (χ0) is 14.0. The second-order valence-electron chi connectivity index (χ2n) is 3.63. The van der Waals surface area contributed by atoms with E-state index in [1.165, 1.54) is 13.2 Å². The van der Waals surface area contributed by atoms with Crippen molar-refractivity contribution in [2.45, 2.75) is 6.18 Å². The summed E-state index contributed by atoms with van der Waals surface area (Å²) in [6.45, 7) is 0. The molecule has 0 fully saturated rings. The molecular weight excluding hydrogens is 281 g/mol. The molecule has 0 aliphatic carbocycles. The fourth-order valence-electron chi connectivity index (χ4n) is 1.47. The summed E-state index contributed by atoms with van der Waals surface area (Å²) >= 11 is 5.60. The number of hydrogen-bond acceptors (Lipinski definition) is 3. The van der Waals surface area contributed by atoms with Crippen molar-refractivity contribution < 1.29 is 17.9 Å². The number of halogens is 4. The molecule has 0 saturated heterocycles. The summed E-state index contributed by atoms with van der Waals surface area (Å²) in [7, 11) is 1.47. The molecule has 19 heavy (non-hydrogen) atoms. The van der Waals surface area contributed by atoms with Crippen molar-refractivity contribution in [3.05, 3.63) is 41.3 Å². The van der Waals surface area contributed by atoms with Crippen LogP contribution < -0.4 is 4.74 Å². The lowest BCUT2D eigenvalue weighted by Crippen LogP contribution is -2.11. The molecule has 7 heteroatoms. The van der Waals surface area contributed by atoms with Gasteiger partial charge in [0.1, 0.15) is 10.9 Å². The highest BCUT2D eigenvalue weighted by Crippen LogP contribution is 2.30. The summed E-state index contributed by atoms with van der Waals surface area (Å²) in [6, 6.07) is 7.78. The third kappa shape index (κ3) is 3.14. The first kappa shape index (κ1) is 13.6. The number of aromatic nitrogens is 2. The van der Waals surface area contributed by atoms with Crippen LogP contribution in [0.3, 0.4) is 0 Å². The Balaban J connectivity index is 2.53. The van der Waals surface area contributed by atoms with E-state index in [9.17, 15) is 13.2 Å². The van der Waals surface area contributed by atoms with E-state index in [1.54, 1.807) is 24.3 Å². The number of benzene rings is 1. The van der Waals surface area contributed by atoms with Gasteiger partial charge in [0.05, 0.1) is 12.8 Å². The van der Waals surface area contributed by atoms with Gasteiger partial charge in [0, 0.05) is 11.6 Å². The predicted molar refractivity (Wildman–Crippen MR) is 64.0 cm³/mol. The summed E-state index contributed by atoms with van der Waals surface area (Å²) in [4.78, 5) is 6.65. The second kappa shape index (κ2) is 5.05. The molecule has 1 aromatic carbocycles. The van der Waals surface area contributed by atoms with Crippen LogP contribution in [0, 0.1) is 0 Å². The molecule has 1 heterocycles. The summed E-state index contributed by atoms with van der Waals surface area (Å²) in [5.41, 5.74) is 0.556. The Morgan fingerprint density at radius 3 is 2.53 bits per heavy atom. The van der Waals surface area contributed by atoms with Gasteiger partial charge in [0.15, 0.2) is 0 Å². The second-order valence-corrected chi connectivity index (χ2v) is 4.02. The molecule has 2 rings (SSSR count). The van der Waals surface area contributed by atoms with Gasteiger partial charge >= 0.3 is 6.18 Å². The van der Waals surface area contributed by atoms with Crippen molar-refractivity contribution in [1.82, 2.24) is 9.97 Å². The van der Waals surface area contributed by atoms with E-state index in [0.717, 1.165) is 0 Å². The molecule has 3 nitrogen and oxygen atoms in total. The Morgan fingerprint density at radius 2 is 1.89 bits per heavy atom. The number of alkyl halides is 3. The van der Waals surface area contributed by atoms with E-state index in [0.29, 0.717) is 11.3 Å². The number of nitrogens with zero attached hydrogens (tertiary/aromatic N) is 2. The van der Waals surface area contributed by atoms with Crippen LogP contribution in [0.4, 0.5) is 13.2 Å². The van der Waals surface area contributed by atoms with Crippen molar-refractivity contribution in [2.75, 3.05) is 7.11 Å². The summed E-state index contributed by atoms with van der Waals surface area (Å²) in [5.74, 6) is -0.751. The van der Waals surface area contributed by atoms with Gasteiger partial charge in [0.2, 0.25) is 5.82 Å². The lowest BCUT2D eigenvalue weighted by atomic mass is 10.1. The smallest absolute Gasteiger partial charge is 0.451 e. The van der Waals surface area contributed by atoms with Crippen molar-refractivity contribution in [3.63, 3.8) is 0 Å². The average molecular weight is 289 g/mol. The van der Waals surface area contributed by atoms with Crippen molar-refractivity contribution >= 4 is 11.6 Å². The van der Waals surface area contributed by atoms with Crippen LogP contribution in [0.2, 0.25) is 5.15 Å². The van der Waals surface area contributed by atoms with Gasteiger partial charge < -0.3 is 4.74 Å². The van der Waals surface area contributed by atoms with Crippen LogP contribution in [0.25, 0.3) is 11.3 Å². The zero-order valence-corrected chi connectivity index (χ0v) is 10.5. The number of rotatable bonds is 2. The first-order chi connectivity index (χ1) is 8.90. The van der Waals surface area contributed by atoms with E-state index in [4.69, 9.17) is 16.3 Å². The molecular formula is C12H8ClF3N2O. The Bertz CT molecular complexity index is 602. The molecule has 0 unspecified atom stereocenters. The van der Waals surface area contributed by atoms with E-state index in [-0.39, 0.29) is 10.8 Å². The third-order valence-corrected chi connectivity index (χ3v) is 2.51. The third-order valence-electron chi connectivity index (χ3n) is 2.31. The monoisotopic (exact) mass is 288 g/mol. The predicted octanol–water partition coefficient (Wildman–Crippen LogP) is 3.82. The zero-order valence-electron chi connectivity index (χ0n) is 9.70. The molecule has 0 spiro atoms. The fourth-order valence-corrected chi connectivity index (χ4v) is 1.66. The van der Waals surface area contributed by atoms with Gasteiger partial charge in [-0.25, -0.2) is 9.97 Å². The molecule has 100 valence electrons. The topological polar surface area (TPSA) is 35.0 Å². The molecule has 1 aromatic heterocycles. The van der Waals surface area contributed by atoms with Crippen LogP contribution in [0.5, 0.6) is 5.75 Å². The maximum Gasteiger partial charge on any atom is 0.451 e. The van der Waals surface area contributed by atoms with Crippen molar-refractivity contribution in [3.8, 4) is 17.0 Å². The van der Waals surface area contributed by atoms with Crippen molar-refractivity contribution in [1.29, 1.82) is 0 Å². The van der Waals surface area contributed by atoms with Gasteiger partial charge in [0.25, 0.3) is 0 Å². The minimum Gasteiger partial charge on any atom is -0.497 e. The van der Waals surface area contributed by atoms with Gasteiger partial charge in [-0.2, -0.15) is 13.2 Å². The molecule has 0 saturated carbocycles. The molecule has 2 aromatic rings. The summed E-state index contributed by atoms with van der Waals surface area (Å²) < 4.78 is 42.8. The standard InChI is InChI=1S/C12H8ClF3N2O/c1-19-8-4-2-3-7(5-8)9-6-10(13)18-11(17-9)12(14,15)16/h2-6H,1H3. The van der Waals surface area contributed by atoms with Crippen LogP contribution >= 0.6 is 11.6 Å². The Labute approximate surface area is 112 Å². The first-order valence-electron chi connectivity index (χ1n) is 5.16. The lowest BCUT2D eigenvalue weighted by molar-refractivity contribution is -0.144. The lowest BCUT2D eigenvalue weighted by Gasteiger charge is -2.08. The van der Waals surface area contributed by atoms with Gasteiger partial charge in [-0.05, 0) is 12.1 Å². The van der Waals surface area contributed by atoms with E-state index in [1.807, 2.05) is 0 Å². The average Bonchev–Trinajstić information content (AvgIpc) is 2.37. The van der Waals surface area contributed by atoms with E-state index < -0.39 is 12.0 Å². The molecule has 0 N–H and O–H groups in total. The molecule has 0 bridgehead atoms. The maximum absolute atomic E-state index is 12.6. The molecule has 0 radical (unpaired) electrons. The van der Waals surface area contributed by atoms with Gasteiger partial charge in [-0.1, -0.05) is 23.7 Å². The van der Waals surface area contributed by atoms with Crippen LogP contribution in [-0.4, -0.2) is 17.1 Å². The van der Waals surface area contributed by atoms with Crippen LogP contribution in [0.15, 0.2) is 30.3 Å². The van der Waals surface area contributed by atoms with Gasteiger partial charge in [-0.3, -0.25) is 0 Å². The highest BCUT2D eigenvalue weighted by atomic mass is 35.5. The molecule has 0 atom stereocenters. The minimum atomic E-state index is -4.64. The highest BCUT2D eigenvalue weighted by molar-refractivity contribution is 6.29. The highest BCUT2D eigenvalue weighted by Gasteiger charge is 2.35. The number of hydrogen-bond donors (Lipinski definition) is 0. The van der Waals surface area contributed by atoms with E-state index in [2.05, 4.69) is 9.97 Å². The minimum absolute atomic E-state index is 0.0891. The fraction of sp³-hybridized carbons (Fsp3) is 0.167. The van der Waals surface area contributed by atoms with Crippen molar-refractivity contribution in [2.24, 2.45) is 0 Å². The normalized spacial score (nSPS) is 11.4. The van der Waals surface area contributed by atoms with Crippen LogP contribution in [-0.2, 0) is 6.18 Å². The molecule has 0 aliphatic rings. The maximum atomic E-state index is 12.6. The Kier molecular flexibility index (Phi) is 3.61. The quantitative estimate of drug-likeness (QED) is 0.788. The Hall–Kier alpha value is -1.82. The number of ether oxygens (including phenoxy) is 1. The molecule has 0 amide bonds. The van der Waals surface area contributed by atoms with Crippen LogP contribution in [0.1, 0.15) is 5.82 Å². The largest absolute Gasteiger partial charge is 0.497 e. The summed E-state index contributed by atoms with van der Waals surface area (Å²) in [5, 5.41) is -0.264.